The van der Waals surface area contributed by atoms with Crippen LogP contribution in [-0.2, 0) is 0 Å². The van der Waals surface area contributed by atoms with Crippen LogP contribution in [-0.4, -0.2) is 12.0 Å². The zero-order chi connectivity index (χ0) is 9.78. The average molecular weight is 301 g/mol. The van der Waals surface area contributed by atoms with Gasteiger partial charge >= 0.3 is 103 Å². The van der Waals surface area contributed by atoms with Crippen molar-refractivity contribution in [3.8, 4) is 0 Å². The van der Waals surface area contributed by atoms with E-state index in [0.29, 0.717) is 0 Å². The maximum Gasteiger partial charge on any atom is 1.00 e. The Labute approximate surface area is 197 Å². The van der Waals surface area contributed by atoms with Gasteiger partial charge in [0.15, 0.2) is 0 Å². The molecule has 0 spiro atoms. The van der Waals surface area contributed by atoms with Gasteiger partial charge in [-0.2, -0.15) is 0 Å². The third kappa shape index (κ3) is 32.6. The molecule has 0 aliphatic carbocycles. The van der Waals surface area contributed by atoms with Gasteiger partial charge in [-0.05, 0) is 13.0 Å². The molecule has 0 aromatic heterocycles. The predicted molar refractivity (Wildman–Crippen MR) is 71.8 cm³/mol. The van der Waals surface area contributed by atoms with Gasteiger partial charge in [0.2, 0.25) is 0 Å². The van der Waals surface area contributed by atoms with Crippen molar-refractivity contribution in [3.63, 3.8) is 0 Å². The average Bonchev–Trinajstić information content (AvgIpc) is 2.16. The van der Waals surface area contributed by atoms with Crippen LogP contribution >= 0.6 is 0 Å². The van der Waals surface area contributed by atoms with Gasteiger partial charge < -0.3 is 20.2 Å². The van der Waals surface area contributed by atoms with E-state index in [9.17, 15) is 0 Å². The second-order valence-electron chi connectivity index (χ2n) is 3.97. The van der Waals surface area contributed by atoms with Gasteiger partial charge in [0, 0.05) is 0 Å². The molecule has 0 amide bonds. The molecule has 0 aromatic rings. The summed E-state index contributed by atoms with van der Waals surface area (Å²) in [5, 5.41) is 0. The van der Waals surface area contributed by atoms with E-state index < -0.39 is 0 Å². The van der Waals surface area contributed by atoms with E-state index in [1.807, 2.05) is 0 Å². The van der Waals surface area contributed by atoms with Crippen LogP contribution in [0.15, 0.2) is 0 Å². The molecule has 17 heavy (non-hydrogen) atoms. The summed E-state index contributed by atoms with van der Waals surface area (Å²) in [6, 6.07) is 0. The fraction of sp³-hybridized carbons (Fsp3) is 1.00. The van der Waals surface area contributed by atoms with Gasteiger partial charge in [0.05, 0.1) is 0 Å². The standard InChI is InChI=1S/C12H27N.2K.H3N.H2O.2H/c1-2-3-4-5-6-7-8-9-10-11-12-13;;;;;;/h2-13H2,1H3;;;1H3;1H2;;/q;2*+1;;;2*-1. The molecular weight excluding hydrogens is 266 g/mol. The van der Waals surface area contributed by atoms with Crippen molar-refractivity contribution in [2.45, 2.75) is 71.1 Å². The smallest absolute Gasteiger partial charge is 1.00 e. The molecule has 5 heteroatoms. The van der Waals surface area contributed by atoms with Crippen LogP contribution in [0.2, 0.25) is 0 Å². The fourth-order valence-electron chi connectivity index (χ4n) is 1.63. The van der Waals surface area contributed by atoms with Crippen LogP contribution in [0.4, 0.5) is 0 Å². The van der Waals surface area contributed by atoms with Crippen molar-refractivity contribution in [3.05, 3.63) is 0 Å². The minimum Gasteiger partial charge on any atom is -1.00 e. The third-order valence-corrected chi connectivity index (χ3v) is 2.56. The van der Waals surface area contributed by atoms with Crippen molar-refractivity contribution in [1.82, 2.24) is 6.15 Å². The first-order chi connectivity index (χ1) is 6.41. The van der Waals surface area contributed by atoms with Crippen LogP contribution in [0.25, 0.3) is 0 Å². The Morgan fingerprint density at radius 2 is 1.00 bits per heavy atom. The number of nitrogens with two attached hydrogens (primary N) is 1. The molecular formula is C12H34K2N2O. The summed E-state index contributed by atoms with van der Waals surface area (Å²) >= 11 is 0. The maximum absolute atomic E-state index is 5.42. The normalized spacial score (nSPS) is 8.12. The number of rotatable bonds is 10. The summed E-state index contributed by atoms with van der Waals surface area (Å²) in [4.78, 5) is 0. The van der Waals surface area contributed by atoms with E-state index in [0.717, 1.165) is 6.54 Å². The summed E-state index contributed by atoms with van der Waals surface area (Å²) in [6.45, 7) is 3.14. The first-order valence-corrected chi connectivity index (χ1v) is 6.12. The van der Waals surface area contributed by atoms with E-state index in [2.05, 4.69) is 6.92 Å². The molecule has 3 nitrogen and oxygen atoms in total. The van der Waals surface area contributed by atoms with Gasteiger partial charge in [0.25, 0.3) is 0 Å². The monoisotopic (exact) mass is 300 g/mol. The molecule has 0 fully saturated rings. The molecule has 0 aromatic carbocycles. The Morgan fingerprint density at radius 3 is 1.29 bits per heavy atom. The van der Waals surface area contributed by atoms with Crippen molar-refractivity contribution >= 4 is 0 Å². The van der Waals surface area contributed by atoms with Crippen LogP contribution < -0.4 is 115 Å². The van der Waals surface area contributed by atoms with Gasteiger partial charge in [0.1, 0.15) is 0 Å². The number of unbranched alkanes of at least 4 members (excludes halogenated alkanes) is 9. The molecule has 0 aliphatic rings. The van der Waals surface area contributed by atoms with Crippen LogP contribution in [0.1, 0.15) is 74.0 Å². The Kier molecular flexibility index (Phi) is 59.7. The summed E-state index contributed by atoms with van der Waals surface area (Å²) < 4.78 is 0. The van der Waals surface area contributed by atoms with Gasteiger partial charge in [-0.15, -0.1) is 0 Å². The molecule has 0 atom stereocenters. The van der Waals surface area contributed by atoms with Gasteiger partial charge in [-0.25, -0.2) is 0 Å². The third-order valence-electron chi connectivity index (χ3n) is 2.56. The topological polar surface area (TPSA) is 92.5 Å². The van der Waals surface area contributed by atoms with Crippen molar-refractivity contribution in [2.24, 2.45) is 5.73 Å². The molecule has 100 valence electrons. The first kappa shape index (κ1) is 32.2. The molecule has 0 unspecified atom stereocenters. The van der Waals surface area contributed by atoms with Gasteiger partial charge in [-0.1, -0.05) is 64.7 Å². The van der Waals surface area contributed by atoms with Crippen molar-refractivity contribution < 1.29 is 111 Å². The summed E-state index contributed by atoms with van der Waals surface area (Å²) in [6.07, 6.45) is 13.9. The molecule has 0 rings (SSSR count). The van der Waals surface area contributed by atoms with E-state index >= 15 is 0 Å². The Balaban J connectivity index is -0.0000000480. The minimum atomic E-state index is 0. The van der Waals surface area contributed by atoms with Crippen molar-refractivity contribution in [2.75, 3.05) is 6.54 Å². The SMILES string of the molecule is CCCCCCCCCCCCN.N.O.[H-].[H-].[K+].[K+]. The van der Waals surface area contributed by atoms with E-state index in [-0.39, 0.29) is 117 Å². The van der Waals surface area contributed by atoms with Crippen LogP contribution in [0.3, 0.4) is 0 Å². The summed E-state index contributed by atoms with van der Waals surface area (Å²) in [7, 11) is 0. The predicted octanol–water partition coefficient (Wildman–Crippen LogP) is -2.56. The summed E-state index contributed by atoms with van der Waals surface area (Å²) in [5.74, 6) is 0. The molecule has 0 saturated heterocycles. The number of hydrogen-bond donors (Lipinski definition) is 2. The quantitative estimate of drug-likeness (QED) is 0.343. The first-order valence-electron chi connectivity index (χ1n) is 6.12. The molecule has 0 radical (unpaired) electrons. The minimum absolute atomic E-state index is 0. The van der Waals surface area contributed by atoms with Gasteiger partial charge in [-0.3, -0.25) is 0 Å². The Bertz CT molecular complexity index is 97.8. The second-order valence-corrected chi connectivity index (χ2v) is 3.97. The molecule has 0 aliphatic heterocycles. The summed E-state index contributed by atoms with van der Waals surface area (Å²) in [5.41, 5.74) is 5.42. The fourth-order valence-corrected chi connectivity index (χ4v) is 1.63. The second kappa shape index (κ2) is 31.5. The van der Waals surface area contributed by atoms with E-state index in [1.165, 1.54) is 64.2 Å². The zero-order valence-corrected chi connectivity index (χ0v) is 18.8. The van der Waals surface area contributed by atoms with Crippen LogP contribution in [0.5, 0.6) is 0 Å². The Morgan fingerprint density at radius 1 is 0.706 bits per heavy atom. The zero-order valence-electron chi connectivity index (χ0n) is 14.6. The molecule has 0 bridgehead atoms. The molecule has 7 N–H and O–H groups in total. The van der Waals surface area contributed by atoms with Crippen molar-refractivity contribution in [1.29, 1.82) is 0 Å². The van der Waals surface area contributed by atoms with E-state index in [1.54, 1.807) is 0 Å². The largest absolute Gasteiger partial charge is 1.00 e. The number of hydrogen-bond acceptors (Lipinski definition) is 2. The van der Waals surface area contributed by atoms with E-state index in [4.69, 9.17) is 5.73 Å². The maximum atomic E-state index is 5.42. The Hall–Kier alpha value is 3.15. The van der Waals surface area contributed by atoms with Crippen LogP contribution in [0, 0.1) is 0 Å². The molecule has 0 heterocycles. The molecule has 0 saturated carbocycles.